The number of amides is 1. The number of methoxy groups -OCH3 is 2. The van der Waals surface area contributed by atoms with Crippen LogP contribution >= 0.6 is 0 Å². The van der Waals surface area contributed by atoms with Crippen LogP contribution in [0, 0.1) is 0 Å². The molecule has 0 bridgehead atoms. The van der Waals surface area contributed by atoms with Gasteiger partial charge in [0, 0.05) is 17.8 Å². The highest BCUT2D eigenvalue weighted by atomic mass is 32.2. The molecule has 1 unspecified atom stereocenters. The molecule has 1 atom stereocenters. The second-order valence-corrected chi connectivity index (χ2v) is 9.54. The SMILES string of the molecule is COc1ccc(OC)c(-c2nn(-c3ccccc3)cc2C(=O)NC2CCS(=O)(=O)C2)c1. The molecule has 4 rings (SSSR count). The van der Waals surface area contributed by atoms with E-state index in [0.717, 1.165) is 5.69 Å². The van der Waals surface area contributed by atoms with Crippen molar-refractivity contribution in [3.05, 3.63) is 60.3 Å². The first-order valence-electron chi connectivity index (χ1n) is 9.79. The van der Waals surface area contributed by atoms with Crippen molar-refractivity contribution in [3.63, 3.8) is 0 Å². The first-order chi connectivity index (χ1) is 14.9. The maximum absolute atomic E-state index is 13.2. The molecule has 1 fully saturated rings. The Morgan fingerprint density at radius 3 is 2.55 bits per heavy atom. The van der Waals surface area contributed by atoms with E-state index in [1.807, 2.05) is 30.3 Å². The Kier molecular flexibility index (Phi) is 5.69. The maximum Gasteiger partial charge on any atom is 0.255 e. The molecule has 1 N–H and O–H groups in total. The van der Waals surface area contributed by atoms with Gasteiger partial charge in [-0.05, 0) is 36.8 Å². The molecule has 0 radical (unpaired) electrons. The highest BCUT2D eigenvalue weighted by Crippen LogP contribution is 2.35. The number of carbonyl (C=O) groups excluding carboxylic acids is 1. The second kappa shape index (κ2) is 8.43. The third kappa shape index (κ3) is 4.41. The van der Waals surface area contributed by atoms with Gasteiger partial charge in [0.15, 0.2) is 9.84 Å². The summed E-state index contributed by atoms with van der Waals surface area (Å²) in [4.78, 5) is 13.2. The molecule has 2 heterocycles. The van der Waals surface area contributed by atoms with Gasteiger partial charge in [0.2, 0.25) is 0 Å². The molecule has 0 aliphatic carbocycles. The van der Waals surface area contributed by atoms with Gasteiger partial charge >= 0.3 is 0 Å². The van der Waals surface area contributed by atoms with E-state index < -0.39 is 15.9 Å². The Morgan fingerprint density at radius 2 is 1.90 bits per heavy atom. The Hall–Kier alpha value is -3.33. The summed E-state index contributed by atoms with van der Waals surface area (Å²) in [7, 11) is -0.0130. The number of aromatic nitrogens is 2. The number of hydrogen-bond acceptors (Lipinski definition) is 6. The van der Waals surface area contributed by atoms with Crippen LogP contribution in [0.1, 0.15) is 16.8 Å². The van der Waals surface area contributed by atoms with E-state index in [0.29, 0.717) is 34.7 Å². The number of carbonyl (C=O) groups is 1. The topological polar surface area (TPSA) is 99.5 Å². The lowest BCUT2D eigenvalue weighted by molar-refractivity contribution is 0.0941. The summed E-state index contributed by atoms with van der Waals surface area (Å²) in [5.74, 6) is 0.778. The fourth-order valence-electron chi connectivity index (χ4n) is 3.62. The van der Waals surface area contributed by atoms with Gasteiger partial charge in [-0.1, -0.05) is 18.2 Å². The van der Waals surface area contributed by atoms with Crippen molar-refractivity contribution < 1.29 is 22.7 Å². The highest BCUT2D eigenvalue weighted by molar-refractivity contribution is 7.91. The van der Waals surface area contributed by atoms with Crippen molar-refractivity contribution in [2.45, 2.75) is 12.5 Å². The molecule has 3 aromatic rings. The normalized spacial score (nSPS) is 17.3. The molecule has 1 aliphatic heterocycles. The summed E-state index contributed by atoms with van der Waals surface area (Å²) in [5, 5.41) is 7.51. The third-order valence-corrected chi connectivity index (χ3v) is 6.98. The summed E-state index contributed by atoms with van der Waals surface area (Å²) in [5.41, 5.74) is 2.12. The average Bonchev–Trinajstić information content (AvgIpc) is 3.37. The molecule has 1 aliphatic rings. The van der Waals surface area contributed by atoms with Crippen LogP contribution in [0.2, 0.25) is 0 Å². The molecule has 162 valence electrons. The Balaban J connectivity index is 1.79. The summed E-state index contributed by atoms with van der Waals surface area (Å²) >= 11 is 0. The lowest BCUT2D eigenvalue weighted by atomic mass is 10.1. The van der Waals surface area contributed by atoms with Crippen LogP contribution in [0.5, 0.6) is 11.5 Å². The van der Waals surface area contributed by atoms with Gasteiger partial charge in [-0.3, -0.25) is 4.79 Å². The van der Waals surface area contributed by atoms with Gasteiger partial charge < -0.3 is 14.8 Å². The molecule has 2 aromatic carbocycles. The standard InChI is InChI=1S/C22H23N3O5S/c1-29-17-8-9-20(30-2)18(12-17)21-19(13-25(24-21)16-6-4-3-5-7-16)22(26)23-15-10-11-31(27,28)14-15/h3-9,12-13,15H,10-11,14H2,1-2H3,(H,23,26). The monoisotopic (exact) mass is 441 g/mol. The minimum absolute atomic E-state index is 0.0522. The smallest absolute Gasteiger partial charge is 0.255 e. The largest absolute Gasteiger partial charge is 0.497 e. The van der Waals surface area contributed by atoms with Gasteiger partial charge in [0.05, 0.1) is 37.0 Å². The fraction of sp³-hybridized carbons (Fsp3) is 0.273. The van der Waals surface area contributed by atoms with Gasteiger partial charge in [0.25, 0.3) is 5.91 Å². The van der Waals surface area contributed by atoms with Crippen molar-refractivity contribution >= 4 is 15.7 Å². The minimum atomic E-state index is -3.12. The van der Waals surface area contributed by atoms with Crippen LogP contribution < -0.4 is 14.8 Å². The third-order valence-electron chi connectivity index (χ3n) is 5.21. The van der Waals surface area contributed by atoms with E-state index in [4.69, 9.17) is 9.47 Å². The van der Waals surface area contributed by atoms with Crippen LogP contribution in [-0.4, -0.2) is 55.9 Å². The van der Waals surface area contributed by atoms with Gasteiger partial charge in [-0.25, -0.2) is 13.1 Å². The first-order valence-corrected chi connectivity index (χ1v) is 11.6. The zero-order valence-corrected chi connectivity index (χ0v) is 18.1. The van der Waals surface area contributed by atoms with E-state index >= 15 is 0 Å². The summed E-state index contributed by atoms with van der Waals surface area (Å²) in [6.45, 7) is 0. The number of ether oxygens (including phenoxy) is 2. The molecule has 1 saturated heterocycles. The van der Waals surface area contributed by atoms with Crippen molar-refractivity contribution in [2.75, 3.05) is 25.7 Å². The maximum atomic E-state index is 13.2. The van der Waals surface area contributed by atoms with Crippen LogP contribution in [0.15, 0.2) is 54.7 Å². The number of benzene rings is 2. The van der Waals surface area contributed by atoms with E-state index in [9.17, 15) is 13.2 Å². The second-order valence-electron chi connectivity index (χ2n) is 7.31. The molecule has 8 nitrogen and oxygen atoms in total. The number of sulfone groups is 1. The van der Waals surface area contributed by atoms with Crippen LogP contribution in [0.4, 0.5) is 0 Å². The lowest BCUT2D eigenvalue weighted by Gasteiger charge is -2.12. The lowest BCUT2D eigenvalue weighted by Crippen LogP contribution is -2.35. The predicted octanol–water partition coefficient (Wildman–Crippen LogP) is 2.47. The number of hydrogen-bond donors (Lipinski definition) is 1. The van der Waals surface area contributed by atoms with Crippen LogP contribution in [-0.2, 0) is 9.84 Å². The summed E-state index contributed by atoms with van der Waals surface area (Å²) in [6.07, 6.45) is 2.04. The fourth-order valence-corrected chi connectivity index (χ4v) is 5.30. The van der Waals surface area contributed by atoms with Crippen LogP contribution in [0.3, 0.4) is 0 Å². The van der Waals surface area contributed by atoms with Crippen molar-refractivity contribution in [1.82, 2.24) is 15.1 Å². The highest BCUT2D eigenvalue weighted by Gasteiger charge is 2.31. The van der Waals surface area contributed by atoms with Crippen molar-refractivity contribution in [2.24, 2.45) is 0 Å². The quantitative estimate of drug-likeness (QED) is 0.631. The van der Waals surface area contributed by atoms with Crippen molar-refractivity contribution in [1.29, 1.82) is 0 Å². The van der Waals surface area contributed by atoms with E-state index in [1.54, 1.807) is 43.3 Å². The van der Waals surface area contributed by atoms with Crippen molar-refractivity contribution in [3.8, 4) is 28.4 Å². The molecule has 31 heavy (non-hydrogen) atoms. The van der Waals surface area contributed by atoms with E-state index in [2.05, 4.69) is 10.4 Å². The number of nitrogens with zero attached hydrogens (tertiary/aromatic N) is 2. The average molecular weight is 442 g/mol. The number of nitrogens with one attached hydrogen (secondary N) is 1. The molecule has 1 amide bonds. The first kappa shape index (κ1) is 20.9. The number of para-hydroxylation sites is 1. The summed E-state index contributed by atoms with van der Waals surface area (Å²) < 4.78 is 36.0. The molecule has 9 heteroatoms. The Bertz CT molecular complexity index is 1210. The van der Waals surface area contributed by atoms with Gasteiger partial charge in [-0.15, -0.1) is 0 Å². The van der Waals surface area contributed by atoms with E-state index in [-0.39, 0.29) is 17.4 Å². The molecule has 0 spiro atoms. The molecular weight excluding hydrogens is 418 g/mol. The molecule has 0 saturated carbocycles. The minimum Gasteiger partial charge on any atom is -0.497 e. The zero-order valence-electron chi connectivity index (χ0n) is 17.2. The van der Waals surface area contributed by atoms with Crippen LogP contribution in [0.25, 0.3) is 16.9 Å². The number of rotatable bonds is 6. The Morgan fingerprint density at radius 1 is 1.13 bits per heavy atom. The molecule has 1 aromatic heterocycles. The Labute approximate surface area is 180 Å². The summed E-state index contributed by atoms with van der Waals surface area (Å²) in [6, 6.07) is 14.3. The zero-order chi connectivity index (χ0) is 22.0. The van der Waals surface area contributed by atoms with Gasteiger partial charge in [0.1, 0.15) is 17.2 Å². The predicted molar refractivity (Wildman–Crippen MR) is 117 cm³/mol. The van der Waals surface area contributed by atoms with E-state index in [1.165, 1.54) is 0 Å². The molecular formula is C22H23N3O5S. The van der Waals surface area contributed by atoms with Gasteiger partial charge in [-0.2, -0.15) is 5.10 Å².